The number of halogens is 2. The molecule has 3 rings (SSSR count). The fourth-order valence-corrected chi connectivity index (χ4v) is 2.30. The van der Waals surface area contributed by atoms with Crippen molar-refractivity contribution >= 4 is 34.1 Å². The number of fused-ring (bicyclic) bond motifs is 1. The third-order valence-electron chi connectivity index (χ3n) is 2.93. The standard InChI is InChI=1S/C14H9Cl2N3O/c1-7-4-12(20)9-6-17-19-13(14(9)18-7)8-2-3-10(15)11(16)5-8/h2-6H,1H3,(H,18,20). The molecule has 1 aromatic carbocycles. The monoisotopic (exact) mass is 305 g/mol. The Balaban J connectivity index is 2.33. The topological polar surface area (TPSA) is 58.9 Å². The molecule has 2 heterocycles. The van der Waals surface area contributed by atoms with Crippen molar-refractivity contribution in [3.8, 4) is 17.0 Å². The highest BCUT2D eigenvalue weighted by Crippen LogP contribution is 2.32. The van der Waals surface area contributed by atoms with Crippen LogP contribution in [0.1, 0.15) is 5.69 Å². The summed E-state index contributed by atoms with van der Waals surface area (Å²) in [6, 6.07) is 6.77. The first-order chi connectivity index (χ1) is 9.56. The van der Waals surface area contributed by atoms with Crippen molar-refractivity contribution in [2.24, 2.45) is 0 Å². The lowest BCUT2D eigenvalue weighted by Gasteiger charge is -2.07. The van der Waals surface area contributed by atoms with Crippen molar-refractivity contribution in [1.29, 1.82) is 0 Å². The zero-order valence-corrected chi connectivity index (χ0v) is 11.9. The highest BCUT2D eigenvalue weighted by atomic mass is 35.5. The molecule has 0 aliphatic heterocycles. The Bertz CT molecular complexity index is 821. The number of aryl methyl sites for hydroxylation is 1. The molecule has 100 valence electrons. The third-order valence-corrected chi connectivity index (χ3v) is 3.67. The molecular weight excluding hydrogens is 297 g/mol. The second-order valence-corrected chi connectivity index (χ2v) is 5.18. The minimum absolute atomic E-state index is 0.128. The third kappa shape index (κ3) is 2.17. The molecule has 0 spiro atoms. The minimum atomic E-state index is 0.128. The maximum atomic E-state index is 9.97. The summed E-state index contributed by atoms with van der Waals surface area (Å²) in [5, 5.41) is 19.4. The van der Waals surface area contributed by atoms with E-state index in [1.807, 2.05) is 0 Å². The molecule has 0 amide bonds. The molecule has 3 aromatic rings. The normalized spacial score (nSPS) is 10.9. The largest absolute Gasteiger partial charge is 0.507 e. The van der Waals surface area contributed by atoms with Crippen molar-refractivity contribution in [2.75, 3.05) is 0 Å². The summed E-state index contributed by atoms with van der Waals surface area (Å²) in [5.41, 5.74) is 2.58. The van der Waals surface area contributed by atoms with Gasteiger partial charge in [0.2, 0.25) is 0 Å². The lowest BCUT2D eigenvalue weighted by atomic mass is 10.1. The molecule has 0 aliphatic carbocycles. The van der Waals surface area contributed by atoms with E-state index in [0.29, 0.717) is 32.3 Å². The molecule has 6 heteroatoms. The van der Waals surface area contributed by atoms with Crippen LogP contribution in [0.2, 0.25) is 10.0 Å². The van der Waals surface area contributed by atoms with Gasteiger partial charge in [-0.05, 0) is 19.1 Å². The fourth-order valence-electron chi connectivity index (χ4n) is 2.00. The lowest BCUT2D eigenvalue weighted by molar-refractivity contribution is 0.480. The first-order valence-electron chi connectivity index (χ1n) is 5.83. The van der Waals surface area contributed by atoms with E-state index in [9.17, 15) is 5.11 Å². The first kappa shape index (κ1) is 13.1. The van der Waals surface area contributed by atoms with E-state index in [1.54, 1.807) is 31.2 Å². The van der Waals surface area contributed by atoms with Crippen molar-refractivity contribution in [3.05, 3.63) is 46.2 Å². The van der Waals surface area contributed by atoms with E-state index in [1.165, 1.54) is 6.20 Å². The number of benzene rings is 1. The van der Waals surface area contributed by atoms with E-state index < -0.39 is 0 Å². The molecule has 20 heavy (non-hydrogen) atoms. The Morgan fingerprint density at radius 2 is 1.90 bits per heavy atom. The van der Waals surface area contributed by atoms with Gasteiger partial charge in [0.1, 0.15) is 17.0 Å². The molecule has 0 bridgehead atoms. The van der Waals surface area contributed by atoms with Crippen LogP contribution in [-0.4, -0.2) is 20.3 Å². The van der Waals surface area contributed by atoms with Crippen LogP contribution in [0.5, 0.6) is 5.75 Å². The summed E-state index contributed by atoms with van der Waals surface area (Å²) < 4.78 is 0. The Morgan fingerprint density at radius 1 is 1.10 bits per heavy atom. The highest BCUT2D eigenvalue weighted by molar-refractivity contribution is 6.42. The zero-order chi connectivity index (χ0) is 14.3. The first-order valence-corrected chi connectivity index (χ1v) is 6.59. The molecule has 0 atom stereocenters. The van der Waals surface area contributed by atoms with Gasteiger partial charge in [0.05, 0.1) is 21.6 Å². The summed E-state index contributed by atoms with van der Waals surface area (Å²) in [6.45, 7) is 1.80. The average Bonchev–Trinajstić information content (AvgIpc) is 2.41. The van der Waals surface area contributed by atoms with E-state index in [2.05, 4.69) is 15.2 Å². The number of nitrogens with zero attached hydrogens (tertiary/aromatic N) is 3. The van der Waals surface area contributed by atoms with Gasteiger partial charge >= 0.3 is 0 Å². The van der Waals surface area contributed by atoms with E-state index in [4.69, 9.17) is 23.2 Å². The van der Waals surface area contributed by atoms with Gasteiger partial charge in [-0.2, -0.15) is 5.10 Å². The zero-order valence-electron chi connectivity index (χ0n) is 10.4. The maximum absolute atomic E-state index is 9.97. The average molecular weight is 306 g/mol. The summed E-state index contributed by atoms with van der Waals surface area (Å²) in [6.07, 6.45) is 1.48. The van der Waals surface area contributed by atoms with Crippen molar-refractivity contribution in [1.82, 2.24) is 15.2 Å². The number of aromatic nitrogens is 3. The molecule has 0 radical (unpaired) electrons. The SMILES string of the molecule is Cc1cc(O)c2cnnc(-c3ccc(Cl)c(Cl)c3)c2n1. The Labute approximate surface area is 125 Å². The van der Waals surface area contributed by atoms with E-state index >= 15 is 0 Å². The van der Waals surface area contributed by atoms with Gasteiger partial charge in [-0.1, -0.05) is 29.3 Å². The molecule has 4 nitrogen and oxygen atoms in total. The van der Waals surface area contributed by atoms with Crippen LogP contribution in [0.25, 0.3) is 22.2 Å². The molecule has 0 aliphatic rings. The molecule has 0 saturated carbocycles. The van der Waals surface area contributed by atoms with Crippen LogP contribution in [0.4, 0.5) is 0 Å². The van der Waals surface area contributed by atoms with Crippen LogP contribution in [0.15, 0.2) is 30.5 Å². The van der Waals surface area contributed by atoms with Gasteiger partial charge in [0.25, 0.3) is 0 Å². The Hall–Kier alpha value is -1.91. The van der Waals surface area contributed by atoms with Gasteiger partial charge in [0, 0.05) is 17.3 Å². The number of hydrogen-bond donors (Lipinski definition) is 1. The van der Waals surface area contributed by atoms with Gasteiger partial charge < -0.3 is 5.11 Å². The molecular formula is C14H9Cl2N3O. The van der Waals surface area contributed by atoms with E-state index in [-0.39, 0.29) is 5.75 Å². The lowest BCUT2D eigenvalue weighted by Crippen LogP contribution is -1.94. The smallest absolute Gasteiger partial charge is 0.128 e. The van der Waals surface area contributed by atoms with Crippen LogP contribution < -0.4 is 0 Å². The van der Waals surface area contributed by atoms with Gasteiger partial charge in [-0.25, -0.2) is 0 Å². The second-order valence-electron chi connectivity index (χ2n) is 4.37. The number of aromatic hydroxyl groups is 1. The summed E-state index contributed by atoms with van der Waals surface area (Å²) in [5.74, 6) is 0.128. The van der Waals surface area contributed by atoms with Crippen LogP contribution in [0, 0.1) is 6.92 Å². The Kier molecular flexibility index (Phi) is 3.20. The predicted octanol–water partition coefficient (Wildman–Crippen LogP) is 4.01. The quantitative estimate of drug-likeness (QED) is 0.738. The van der Waals surface area contributed by atoms with Crippen LogP contribution in [-0.2, 0) is 0 Å². The highest BCUT2D eigenvalue weighted by Gasteiger charge is 2.12. The molecule has 1 N–H and O–H groups in total. The fraction of sp³-hybridized carbons (Fsp3) is 0.0714. The number of pyridine rings is 1. The molecule has 0 saturated heterocycles. The summed E-state index contributed by atoms with van der Waals surface area (Å²) in [7, 11) is 0. The van der Waals surface area contributed by atoms with Crippen LogP contribution >= 0.6 is 23.2 Å². The molecule has 0 fully saturated rings. The van der Waals surface area contributed by atoms with Crippen molar-refractivity contribution < 1.29 is 5.11 Å². The van der Waals surface area contributed by atoms with E-state index in [0.717, 1.165) is 5.56 Å². The van der Waals surface area contributed by atoms with Gasteiger partial charge in [0.15, 0.2) is 0 Å². The Morgan fingerprint density at radius 3 is 2.65 bits per heavy atom. The second kappa shape index (κ2) is 4.89. The summed E-state index contributed by atoms with van der Waals surface area (Å²) >= 11 is 11.9. The predicted molar refractivity (Wildman–Crippen MR) is 79.2 cm³/mol. The molecule has 2 aromatic heterocycles. The summed E-state index contributed by atoms with van der Waals surface area (Å²) in [4.78, 5) is 4.43. The maximum Gasteiger partial charge on any atom is 0.128 e. The van der Waals surface area contributed by atoms with Crippen LogP contribution in [0.3, 0.4) is 0 Å². The number of hydrogen-bond acceptors (Lipinski definition) is 4. The minimum Gasteiger partial charge on any atom is -0.507 e. The molecule has 0 unspecified atom stereocenters. The van der Waals surface area contributed by atoms with Crippen molar-refractivity contribution in [2.45, 2.75) is 6.92 Å². The van der Waals surface area contributed by atoms with Gasteiger partial charge in [-0.15, -0.1) is 5.10 Å². The number of rotatable bonds is 1. The van der Waals surface area contributed by atoms with Crippen molar-refractivity contribution in [3.63, 3.8) is 0 Å². The van der Waals surface area contributed by atoms with Gasteiger partial charge in [-0.3, -0.25) is 4.98 Å².